The van der Waals surface area contributed by atoms with Gasteiger partial charge in [0.1, 0.15) is 5.69 Å². The number of fused-ring (bicyclic) bond motifs is 1. The molecule has 0 saturated carbocycles. The zero-order valence-corrected chi connectivity index (χ0v) is 19.8. The van der Waals surface area contributed by atoms with Gasteiger partial charge in [0.2, 0.25) is 5.91 Å². The number of halogens is 1. The van der Waals surface area contributed by atoms with Gasteiger partial charge in [0.05, 0.1) is 9.99 Å². The third kappa shape index (κ3) is 4.36. The van der Waals surface area contributed by atoms with Crippen molar-refractivity contribution in [1.82, 2.24) is 20.2 Å². The monoisotopic (exact) mass is 474 g/mol. The average Bonchev–Trinajstić information content (AvgIpc) is 2.76. The van der Waals surface area contributed by atoms with Gasteiger partial charge < -0.3 is 10.2 Å². The van der Waals surface area contributed by atoms with Crippen LogP contribution in [-0.2, 0) is 4.79 Å². The van der Waals surface area contributed by atoms with Gasteiger partial charge in [-0.15, -0.1) is 0 Å². The minimum absolute atomic E-state index is 0.0863. The molecule has 162 valence electrons. The number of nitrogens with zero attached hydrogens (tertiary/aromatic N) is 3. The number of piperidine rings is 1. The van der Waals surface area contributed by atoms with Gasteiger partial charge in [-0.3, -0.25) is 14.6 Å². The molecule has 1 saturated heterocycles. The number of rotatable bonds is 6. The lowest BCUT2D eigenvalue weighted by molar-refractivity contribution is -0.145. The molecule has 0 bridgehead atoms. The lowest BCUT2D eigenvalue weighted by Gasteiger charge is -2.42. The van der Waals surface area contributed by atoms with Crippen molar-refractivity contribution in [2.45, 2.75) is 59.4 Å². The number of nitrogens with one attached hydrogen (secondary N) is 1. The van der Waals surface area contributed by atoms with Crippen molar-refractivity contribution < 1.29 is 9.59 Å². The Morgan fingerprint density at radius 3 is 2.57 bits per heavy atom. The second-order valence-corrected chi connectivity index (χ2v) is 9.18. The highest BCUT2D eigenvalue weighted by Gasteiger charge is 2.39. The van der Waals surface area contributed by atoms with Crippen LogP contribution < -0.4 is 5.32 Å². The fourth-order valence-corrected chi connectivity index (χ4v) is 4.79. The van der Waals surface area contributed by atoms with E-state index in [-0.39, 0.29) is 23.3 Å². The average molecular weight is 475 g/mol. The van der Waals surface area contributed by atoms with Gasteiger partial charge in [0, 0.05) is 42.3 Å². The minimum Gasteiger partial charge on any atom is -0.346 e. The minimum atomic E-state index is -0.296. The fraction of sp³-hybridized carbons (Fsp3) is 0.565. The maximum atomic E-state index is 13.3. The smallest absolute Gasteiger partial charge is 0.270 e. The first-order valence-electron chi connectivity index (χ1n) is 10.9. The predicted molar refractivity (Wildman–Crippen MR) is 122 cm³/mol. The van der Waals surface area contributed by atoms with Crippen LogP contribution in [0, 0.1) is 11.3 Å². The number of carbonyl (C=O) groups excluding carboxylic acids is 2. The molecule has 1 N–H and O–H groups in total. The SMILES string of the molecule is CCC(CC)(CC)C(=O)N1CCC(C)C(NC(=O)c2ccc3cncc(Br)c3n2)C1. The number of hydrogen-bond acceptors (Lipinski definition) is 4. The Hall–Kier alpha value is -2.02. The fourth-order valence-electron chi connectivity index (χ4n) is 4.36. The van der Waals surface area contributed by atoms with Gasteiger partial charge in [0.15, 0.2) is 0 Å². The molecule has 2 unspecified atom stereocenters. The number of carbonyl (C=O) groups is 2. The first-order valence-corrected chi connectivity index (χ1v) is 11.6. The molecule has 1 aliphatic heterocycles. The van der Waals surface area contributed by atoms with E-state index in [9.17, 15) is 9.59 Å². The molecule has 0 aromatic carbocycles. The van der Waals surface area contributed by atoms with Gasteiger partial charge >= 0.3 is 0 Å². The zero-order chi connectivity index (χ0) is 21.9. The summed E-state index contributed by atoms with van der Waals surface area (Å²) in [5, 5.41) is 4.01. The van der Waals surface area contributed by atoms with Crippen LogP contribution in [0.5, 0.6) is 0 Å². The van der Waals surface area contributed by atoms with Crippen LogP contribution in [0.1, 0.15) is 63.9 Å². The van der Waals surface area contributed by atoms with Crippen LogP contribution in [0.25, 0.3) is 10.9 Å². The van der Waals surface area contributed by atoms with Crippen LogP contribution >= 0.6 is 15.9 Å². The van der Waals surface area contributed by atoms with E-state index in [1.807, 2.05) is 11.0 Å². The Labute approximate surface area is 187 Å². The molecular weight excluding hydrogens is 444 g/mol. The number of likely N-dealkylation sites (tertiary alicyclic amines) is 1. The molecule has 2 amide bonds. The summed E-state index contributed by atoms with van der Waals surface area (Å²) in [6.07, 6.45) is 6.80. The summed E-state index contributed by atoms with van der Waals surface area (Å²) >= 11 is 3.45. The van der Waals surface area contributed by atoms with Crippen LogP contribution in [-0.4, -0.2) is 45.8 Å². The van der Waals surface area contributed by atoms with Gasteiger partial charge in [-0.2, -0.15) is 0 Å². The van der Waals surface area contributed by atoms with E-state index >= 15 is 0 Å². The third-order valence-electron chi connectivity index (χ3n) is 6.83. The molecule has 30 heavy (non-hydrogen) atoms. The Morgan fingerprint density at radius 2 is 1.90 bits per heavy atom. The first-order chi connectivity index (χ1) is 14.3. The molecule has 0 radical (unpaired) electrons. The number of aromatic nitrogens is 2. The summed E-state index contributed by atoms with van der Waals surface area (Å²) in [4.78, 5) is 36.8. The molecule has 6 nitrogen and oxygen atoms in total. The van der Waals surface area contributed by atoms with Crippen molar-refractivity contribution in [1.29, 1.82) is 0 Å². The number of hydrogen-bond donors (Lipinski definition) is 1. The quantitative estimate of drug-likeness (QED) is 0.664. The maximum absolute atomic E-state index is 13.3. The molecule has 3 rings (SSSR count). The molecule has 1 fully saturated rings. The van der Waals surface area contributed by atoms with E-state index in [1.54, 1.807) is 18.5 Å². The normalized spacial score (nSPS) is 19.7. The molecule has 3 heterocycles. The Balaban J connectivity index is 1.76. The van der Waals surface area contributed by atoms with Gasteiger partial charge in [-0.05, 0) is 59.7 Å². The van der Waals surface area contributed by atoms with E-state index in [1.165, 1.54) is 0 Å². The topological polar surface area (TPSA) is 75.2 Å². The standard InChI is InChI=1S/C23H31BrN4O2/c1-5-23(6-2,7-3)22(30)28-11-10-15(4)19(14-28)27-21(29)18-9-8-16-12-25-13-17(24)20(16)26-18/h8-9,12-13,15,19H,5-7,10-11,14H2,1-4H3,(H,27,29). The van der Waals surface area contributed by atoms with Gasteiger partial charge in [-0.1, -0.05) is 27.7 Å². The van der Waals surface area contributed by atoms with Crippen LogP contribution in [0.15, 0.2) is 29.0 Å². The molecule has 0 spiro atoms. The Kier molecular flexibility index (Phi) is 7.11. The van der Waals surface area contributed by atoms with E-state index in [0.29, 0.717) is 23.7 Å². The predicted octanol–water partition coefficient (Wildman–Crippen LogP) is 4.58. The molecule has 1 aliphatic rings. The van der Waals surface area contributed by atoms with Crippen molar-refractivity contribution >= 4 is 38.6 Å². The first kappa shape index (κ1) is 22.7. The van der Waals surface area contributed by atoms with Crippen molar-refractivity contribution in [2.75, 3.05) is 13.1 Å². The second-order valence-electron chi connectivity index (χ2n) is 8.33. The third-order valence-corrected chi connectivity index (χ3v) is 7.41. The summed E-state index contributed by atoms with van der Waals surface area (Å²) in [6, 6.07) is 3.49. The molecular formula is C23H31BrN4O2. The van der Waals surface area contributed by atoms with E-state index in [2.05, 4.69) is 58.9 Å². The number of amides is 2. The molecule has 2 atom stereocenters. The number of pyridine rings is 2. The van der Waals surface area contributed by atoms with E-state index in [0.717, 1.165) is 42.1 Å². The van der Waals surface area contributed by atoms with Crippen LogP contribution in [0.4, 0.5) is 0 Å². The van der Waals surface area contributed by atoms with Crippen molar-refractivity contribution in [3.05, 3.63) is 34.7 Å². The van der Waals surface area contributed by atoms with Crippen LogP contribution in [0.2, 0.25) is 0 Å². The molecule has 7 heteroatoms. The highest BCUT2D eigenvalue weighted by atomic mass is 79.9. The lowest BCUT2D eigenvalue weighted by Crippen LogP contribution is -2.56. The molecule has 2 aromatic rings. The van der Waals surface area contributed by atoms with E-state index in [4.69, 9.17) is 0 Å². The van der Waals surface area contributed by atoms with Crippen molar-refractivity contribution in [3.63, 3.8) is 0 Å². The Morgan fingerprint density at radius 1 is 1.20 bits per heavy atom. The zero-order valence-electron chi connectivity index (χ0n) is 18.2. The highest BCUT2D eigenvalue weighted by Crippen LogP contribution is 2.34. The highest BCUT2D eigenvalue weighted by molar-refractivity contribution is 9.10. The van der Waals surface area contributed by atoms with Gasteiger partial charge in [-0.25, -0.2) is 4.98 Å². The Bertz CT molecular complexity index is 920. The van der Waals surface area contributed by atoms with Crippen molar-refractivity contribution in [2.24, 2.45) is 11.3 Å². The van der Waals surface area contributed by atoms with Gasteiger partial charge in [0.25, 0.3) is 5.91 Å². The van der Waals surface area contributed by atoms with E-state index < -0.39 is 0 Å². The lowest BCUT2D eigenvalue weighted by atomic mass is 9.77. The van der Waals surface area contributed by atoms with Crippen molar-refractivity contribution in [3.8, 4) is 0 Å². The summed E-state index contributed by atoms with van der Waals surface area (Å²) in [5.41, 5.74) is 0.787. The summed E-state index contributed by atoms with van der Waals surface area (Å²) in [6.45, 7) is 9.72. The summed E-state index contributed by atoms with van der Waals surface area (Å²) in [5.74, 6) is 0.314. The molecule has 0 aliphatic carbocycles. The maximum Gasteiger partial charge on any atom is 0.270 e. The molecule has 2 aromatic heterocycles. The van der Waals surface area contributed by atoms with Crippen LogP contribution in [0.3, 0.4) is 0 Å². The summed E-state index contributed by atoms with van der Waals surface area (Å²) in [7, 11) is 0. The largest absolute Gasteiger partial charge is 0.346 e. The summed E-state index contributed by atoms with van der Waals surface area (Å²) < 4.78 is 0.757. The second kappa shape index (κ2) is 9.41.